The number of likely N-dealkylation sites (tertiary alicyclic amines) is 1. The fourth-order valence-corrected chi connectivity index (χ4v) is 4.63. The van der Waals surface area contributed by atoms with E-state index < -0.39 is 23.9 Å². The number of benzene rings is 2. The van der Waals surface area contributed by atoms with E-state index in [2.05, 4.69) is 5.32 Å². The Labute approximate surface area is 202 Å². The molecule has 1 aliphatic heterocycles. The number of halogens is 4. The maximum Gasteiger partial charge on any atom is 0.404 e. The number of unbranched alkanes of at least 4 members (excludes halogenated alkanes) is 1. The summed E-state index contributed by atoms with van der Waals surface area (Å²) in [5.41, 5.74) is 6.32. The third-order valence-electron chi connectivity index (χ3n) is 6.24. The van der Waals surface area contributed by atoms with Crippen molar-refractivity contribution in [2.24, 2.45) is 11.7 Å². The Kier molecular flexibility index (Phi) is 8.83. The van der Waals surface area contributed by atoms with Gasteiger partial charge in [-0.2, -0.15) is 13.2 Å². The lowest BCUT2D eigenvalue weighted by molar-refractivity contribution is -0.172. The van der Waals surface area contributed by atoms with E-state index in [-0.39, 0.29) is 11.1 Å². The first-order chi connectivity index (χ1) is 16.2. The molecule has 0 spiro atoms. The Bertz CT molecular complexity index is 977. The lowest BCUT2D eigenvalue weighted by atomic mass is 9.90. The van der Waals surface area contributed by atoms with Gasteiger partial charge in [0.15, 0.2) is 5.92 Å². The fourth-order valence-electron chi connectivity index (χ4n) is 4.36. The van der Waals surface area contributed by atoms with Gasteiger partial charge in [0, 0.05) is 25.3 Å². The third kappa shape index (κ3) is 6.88. The minimum absolute atomic E-state index is 0.0137. The second-order valence-electron chi connectivity index (χ2n) is 8.64. The maximum atomic E-state index is 13.6. The number of amides is 2. The van der Waals surface area contributed by atoms with Crippen LogP contribution in [0.1, 0.15) is 53.9 Å². The monoisotopic (exact) mass is 495 g/mol. The molecular formula is C25H29ClF3N3O2. The van der Waals surface area contributed by atoms with Gasteiger partial charge in [-0.15, -0.1) is 0 Å². The quantitative estimate of drug-likeness (QED) is 0.444. The molecule has 3 rings (SSSR count). The summed E-state index contributed by atoms with van der Waals surface area (Å²) in [6, 6.07) is 12.4. The number of carbonyl (C=O) groups excluding carboxylic acids is 2. The van der Waals surface area contributed by atoms with Crippen LogP contribution in [-0.2, 0) is 4.79 Å². The van der Waals surface area contributed by atoms with Crippen molar-refractivity contribution in [1.82, 2.24) is 4.90 Å². The number of hydrogen-bond donors (Lipinski definition) is 2. The smallest absolute Gasteiger partial charge is 0.385 e. The number of alkyl halides is 3. The van der Waals surface area contributed by atoms with E-state index in [0.29, 0.717) is 36.9 Å². The molecule has 0 aromatic heterocycles. The first kappa shape index (κ1) is 25.9. The summed E-state index contributed by atoms with van der Waals surface area (Å²) in [6.07, 6.45) is -0.350. The number of carbonyl (C=O) groups is 2. The summed E-state index contributed by atoms with van der Waals surface area (Å²) in [4.78, 5) is 25.3. The minimum Gasteiger partial charge on any atom is -0.385 e. The Morgan fingerprint density at radius 2 is 1.76 bits per heavy atom. The van der Waals surface area contributed by atoms with E-state index in [1.54, 1.807) is 24.3 Å². The van der Waals surface area contributed by atoms with Crippen LogP contribution in [-0.4, -0.2) is 42.5 Å². The molecular weight excluding hydrogens is 467 g/mol. The van der Waals surface area contributed by atoms with Gasteiger partial charge in [-0.25, -0.2) is 0 Å². The summed E-state index contributed by atoms with van der Waals surface area (Å²) < 4.78 is 40.9. The SMILES string of the molecule is NC(=O)c1ccc(NCCCCC2CCN(C(=O)[C@H](c3ccccc3)C(F)(F)F)CC2)cc1Cl. The zero-order chi connectivity index (χ0) is 24.7. The van der Waals surface area contributed by atoms with Crippen molar-refractivity contribution in [3.05, 3.63) is 64.7 Å². The fraction of sp³-hybridized carbons (Fsp3) is 0.440. The van der Waals surface area contributed by atoms with Gasteiger partial charge in [-0.3, -0.25) is 9.59 Å². The van der Waals surface area contributed by atoms with Crippen molar-refractivity contribution in [1.29, 1.82) is 0 Å². The molecule has 0 saturated carbocycles. The van der Waals surface area contributed by atoms with E-state index >= 15 is 0 Å². The number of rotatable bonds is 9. The maximum absolute atomic E-state index is 13.6. The minimum atomic E-state index is -4.62. The van der Waals surface area contributed by atoms with Crippen molar-refractivity contribution in [3.8, 4) is 0 Å². The molecule has 0 unspecified atom stereocenters. The van der Waals surface area contributed by atoms with Crippen LogP contribution in [0.25, 0.3) is 0 Å². The van der Waals surface area contributed by atoms with Gasteiger partial charge in [-0.05, 0) is 48.9 Å². The second kappa shape index (κ2) is 11.6. The number of piperidine rings is 1. The largest absolute Gasteiger partial charge is 0.404 e. The molecule has 2 aromatic rings. The Balaban J connectivity index is 1.41. The second-order valence-corrected chi connectivity index (χ2v) is 9.04. The van der Waals surface area contributed by atoms with Crippen LogP contribution in [0.5, 0.6) is 0 Å². The van der Waals surface area contributed by atoms with Gasteiger partial charge in [0.1, 0.15) is 0 Å². The normalized spacial score (nSPS) is 15.7. The van der Waals surface area contributed by atoms with E-state index in [1.807, 2.05) is 0 Å². The molecule has 3 N–H and O–H groups in total. The molecule has 0 aliphatic carbocycles. The van der Waals surface area contributed by atoms with Gasteiger partial charge >= 0.3 is 6.18 Å². The molecule has 184 valence electrons. The highest BCUT2D eigenvalue weighted by atomic mass is 35.5. The van der Waals surface area contributed by atoms with Gasteiger partial charge in [0.2, 0.25) is 11.8 Å². The number of hydrogen-bond acceptors (Lipinski definition) is 3. The molecule has 2 aromatic carbocycles. The third-order valence-corrected chi connectivity index (χ3v) is 6.55. The lowest BCUT2D eigenvalue weighted by Gasteiger charge is -2.35. The molecule has 1 saturated heterocycles. The molecule has 1 heterocycles. The first-order valence-electron chi connectivity index (χ1n) is 11.4. The standard InChI is InChI=1S/C25H29ClF3N3O2/c26-21-16-19(9-10-20(21)23(30)33)31-13-5-4-6-17-11-14-32(15-12-17)24(34)22(25(27,28)29)18-7-2-1-3-8-18/h1-3,7-10,16-17,22,31H,4-6,11-15H2,(H2,30,33)/t22-/m0/s1. The summed E-state index contributed by atoms with van der Waals surface area (Å²) in [6.45, 7) is 1.44. The van der Waals surface area contributed by atoms with E-state index in [9.17, 15) is 22.8 Å². The van der Waals surface area contributed by atoms with Crippen molar-refractivity contribution in [2.75, 3.05) is 25.0 Å². The van der Waals surface area contributed by atoms with Crippen molar-refractivity contribution in [2.45, 2.75) is 44.2 Å². The van der Waals surface area contributed by atoms with Gasteiger partial charge in [-0.1, -0.05) is 54.8 Å². The predicted molar refractivity (Wildman–Crippen MR) is 127 cm³/mol. The molecule has 34 heavy (non-hydrogen) atoms. The van der Waals surface area contributed by atoms with Gasteiger partial charge in [0.25, 0.3) is 0 Å². The molecule has 5 nitrogen and oxygen atoms in total. The highest BCUT2D eigenvalue weighted by Gasteiger charge is 2.47. The number of anilines is 1. The lowest BCUT2D eigenvalue weighted by Crippen LogP contribution is -2.44. The average molecular weight is 496 g/mol. The molecule has 1 aliphatic rings. The summed E-state index contributed by atoms with van der Waals surface area (Å²) in [7, 11) is 0. The Morgan fingerprint density at radius 1 is 1.09 bits per heavy atom. The van der Waals surface area contributed by atoms with Crippen LogP contribution in [0.15, 0.2) is 48.5 Å². The van der Waals surface area contributed by atoms with Crippen LogP contribution in [0.4, 0.5) is 18.9 Å². The van der Waals surface area contributed by atoms with Crippen LogP contribution in [0.2, 0.25) is 5.02 Å². The van der Waals surface area contributed by atoms with Gasteiger partial charge < -0.3 is 16.0 Å². The van der Waals surface area contributed by atoms with Crippen molar-refractivity contribution >= 4 is 29.1 Å². The molecule has 9 heteroatoms. The molecule has 0 bridgehead atoms. The number of primary amides is 1. The molecule has 0 radical (unpaired) electrons. The first-order valence-corrected chi connectivity index (χ1v) is 11.8. The van der Waals surface area contributed by atoms with Crippen LogP contribution >= 0.6 is 11.6 Å². The van der Waals surface area contributed by atoms with E-state index in [0.717, 1.165) is 31.5 Å². The Hall–Kier alpha value is -2.74. The molecule has 2 amide bonds. The number of nitrogens with two attached hydrogens (primary N) is 1. The number of nitrogens with zero attached hydrogens (tertiary/aromatic N) is 1. The van der Waals surface area contributed by atoms with Gasteiger partial charge in [0.05, 0.1) is 10.6 Å². The average Bonchev–Trinajstić information content (AvgIpc) is 2.79. The number of nitrogens with one attached hydrogen (secondary N) is 1. The Morgan fingerprint density at radius 3 is 2.35 bits per heavy atom. The summed E-state index contributed by atoms with van der Waals surface area (Å²) >= 11 is 6.05. The zero-order valence-corrected chi connectivity index (χ0v) is 19.5. The van der Waals surface area contributed by atoms with Crippen molar-refractivity contribution in [3.63, 3.8) is 0 Å². The highest BCUT2D eigenvalue weighted by molar-refractivity contribution is 6.34. The van der Waals surface area contributed by atoms with Crippen LogP contribution < -0.4 is 11.1 Å². The predicted octanol–water partition coefficient (Wildman–Crippen LogP) is 5.61. The van der Waals surface area contributed by atoms with Crippen molar-refractivity contribution < 1.29 is 22.8 Å². The van der Waals surface area contributed by atoms with E-state index in [4.69, 9.17) is 17.3 Å². The molecule has 1 fully saturated rings. The van der Waals surface area contributed by atoms with Crippen LogP contribution in [0.3, 0.4) is 0 Å². The van der Waals surface area contributed by atoms with E-state index in [1.165, 1.54) is 29.2 Å². The molecule has 1 atom stereocenters. The van der Waals surface area contributed by atoms with Crippen LogP contribution in [0, 0.1) is 5.92 Å². The topological polar surface area (TPSA) is 75.4 Å². The summed E-state index contributed by atoms with van der Waals surface area (Å²) in [5.74, 6) is -3.14. The highest BCUT2D eigenvalue weighted by Crippen LogP contribution is 2.37. The summed E-state index contributed by atoms with van der Waals surface area (Å²) in [5, 5.41) is 3.56. The zero-order valence-electron chi connectivity index (χ0n) is 18.8.